The van der Waals surface area contributed by atoms with Gasteiger partial charge in [-0.05, 0) is 24.3 Å². The highest BCUT2D eigenvalue weighted by molar-refractivity contribution is 7.20. The van der Waals surface area contributed by atoms with E-state index in [-0.39, 0.29) is 5.91 Å². The lowest BCUT2D eigenvalue weighted by atomic mass is 10.2. The average Bonchev–Trinajstić information content (AvgIpc) is 3.31. The molecular weight excluding hydrogens is 342 g/mol. The maximum absolute atomic E-state index is 12.3. The fraction of sp³-hybridized carbons (Fsp3) is 0.375. The van der Waals surface area contributed by atoms with Crippen molar-refractivity contribution in [2.24, 2.45) is 0 Å². The zero-order valence-electron chi connectivity index (χ0n) is 13.1. The fourth-order valence-electron chi connectivity index (χ4n) is 2.82. The average molecular weight is 359 g/mol. The van der Waals surface area contributed by atoms with E-state index < -0.39 is 0 Å². The quantitative estimate of drug-likeness (QED) is 0.777. The number of rotatable bonds is 4. The van der Waals surface area contributed by atoms with Gasteiger partial charge in [0, 0.05) is 18.3 Å². The third kappa shape index (κ3) is 3.11. The number of hydrogen-bond acceptors (Lipinski definition) is 6. The van der Waals surface area contributed by atoms with Gasteiger partial charge in [0.05, 0.1) is 11.4 Å². The molecule has 24 heavy (non-hydrogen) atoms. The summed E-state index contributed by atoms with van der Waals surface area (Å²) in [6, 6.07) is 3.99. The van der Waals surface area contributed by atoms with Crippen LogP contribution in [-0.4, -0.2) is 25.7 Å². The van der Waals surface area contributed by atoms with Crippen LogP contribution in [0.2, 0.25) is 0 Å². The minimum Gasteiger partial charge on any atom is -0.343 e. The molecule has 0 aliphatic carbocycles. The Kier molecular flexibility index (Phi) is 4.40. The predicted molar refractivity (Wildman–Crippen MR) is 94.2 cm³/mol. The number of thiazole rings is 1. The van der Waals surface area contributed by atoms with Gasteiger partial charge in [-0.15, -0.1) is 32.9 Å². The van der Waals surface area contributed by atoms with Crippen LogP contribution in [0, 0.1) is 0 Å². The highest BCUT2D eigenvalue weighted by atomic mass is 32.1. The number of amides is 1. The summed E-state index contributed by atoms with van der Waals surface area (Å²) in [5.74, 6) is 1.69. The monoisotopic (exact) mass is 359 g/mol. The molecule has 1 N–H and O–H groups in total. The number of carbonyl (C=O) groups excluding carboxylic acids is 1. The summed E-state index contributed by atoms with van der Waals surface area (Å²) in [5, 5.41) is 16.1. The maximum atomic E-state index is 12.3. The standard InChI is InChI=1S/C16H17N5OS2/c22-15(11-10-24-16(18-11)12-5-4-8-23-12)17-9-14-20-19-13-6-2-1-3-7-21(13)14/h4-5,8,10H,1-3,6-7,9H2,(H,17,22). The van der Waals surface area contributed by atoms with E-state index in [0.29, 0.717) is 12.2 Å². The largest absolute Gasteiger partial charge is 0.343 e. The molecule has 1 aliphatic rings. The molecule has 0 radical (unpaired) electrons. The van der Waals surface area contributed by atoms with Gasteiger partial charge < -0.3 is 9.88 Å². The van der Waals surface area contributed by atoms with E-state index in [9.17, 15) is 4.79 Å². The van der Waals surface area contributed by atoms with E-state index in [1.807, 2.05) is 17.5 Å². The molecule has 124 valence electrons. The first-order valence-corrected chi connectivity index (χ1v) is 9.76. The van der Waals surface area contributed by atoms with Crippen molar-refractivity contribution in [1.82, 2.24) is 25.1 Å². The molecule has 0 atom stereocenters. The van der Waals surface area contributed by atoms with E-state index in [4.69, 9.17) is 0 Å². The number of hydrogen-bond donors (Lipinski definition) is 1. The molecule has 8 heteroatoms. The number of aryl methyl sites for hydroxylation is 1. The van der Waals surface area contributed by atoms with Crippen molar-refractivity contribution < 1.29 is 4.79 Å². The third-order valence-corrected chi connectivity index (χ3v) is 5.94. The van der Waals surface area contributed by atoms with Crippen LogP contribution in [0.3, 0.4) is 0 Å². The van der Waals surface area contributed by atoms with E-state index >= 15 is 0 Å². The van der Waals surface area contributed by atoms with Crippen LogP contribution in [0.1, 0.15) is 41.4 Å². The Bertz CT molecular complexity index is 837. The molecule has 0 saturated carbocycles. The van der Waals surface area contributed by atoms with Crippen LogP contribution < -0.4 is 5.32 Å². The molecule has 1 amide bonds. The molecule has 0 spiro atoms. The lowest BCUT2D eigenvalue weighted by molar-refractivity contribution is 0.0945. The predicted octanol–water partition coefficient (Wildman–Crippen LogP) is 3.12. The van der Waals surface area contributed by atoms with E-state index in [1.54, 1.807) is 16.7 Å². The number of carbonyl (C=O) groups is 1. The van der Waals surface area contributed by atoms with E-state index in [2.05, 4.69) is 25.1 Å². The molecule has 4 heterocycles. The Labute approximate surface area is 147 Å². The molecule has 3 aromatic rings. The second kappa shape index (κ2) is 6.82. The van der Waals surface area contributed by atoms with Crippen molar-refractivity contribution in [3.63, 3.8) is 0 Å². The van der Waals surface area contributed by atoms with Crippen LogP contribution >= 0.6 is 22.7 Å². The SMILES string of the molecule is O=C(NCc1nnc2n1CCCCC2)c1csc(-c2cccs2)n1. The fourth-order valence-corrected chi connectivity index (χ4v) is 4.43. The second-order valence-corrected chi connectivity index (χ2v) is 7.50. The zero-order valence-corrected chi connectivity index (χ0v) is 14.7. The molecule has 6 nitrogen and oxygen atoms in total. The first-order valence-electron chi connectivity index (χ1n) is 8.00. The normalized spacial score (nSPS) is 14.2. The van der Waals surface area contributed by atoms with Crippen molar-refractivity contribution in [2.75, 3.05) is 0 Å². The second-order valence-electron chi connectivity index (χ2n) is 5.69. The Morgan fingerprint density at radius 3 is 3.08 bits per heavy atom. The molecule has 0 fully saturated rings. The van der Waals surface area contributed by atoms with Gasteiger partial charge in [-0.2, -0.15) is 0 Å². The summed E-state index contributed by atoms with van der Waals surface area (Å²) in [6.07, 6.45) is 4.49. The van der Waals surface area contributed by atoms with Crippen molar-refractivity contribution in [2.45, 2.75) is 38.8 Å². The molecule has 0 saturated heterocycles. The number of nitrogens with one attached hydrogen (secondary N) is 1. The van der Waals surface area contributed by atoms with Crippen molar-refractivity contribution in [3.05, 3.63) is 40.2 Å². The lowest BCUT2D eigenvalue weighted by Crippen LogP contribution is -2.25. The van der Waals surface area contributed by atoms with E-state index in [1.165, 1.54) is 17.8 Å². The number of thiophene rings is 1. The maximum Gasteiger partial charge on any atom is 0.271 e. The Morgan fingerprint density at radius 1 is 1.25 bits per heavy atom. The molecule has 0 unspecified atom stereocenters. The summed E-state index contributed by atoms with van der Waals surface area (Å²) in [6.45, 7) is 1.32. The minimum atomic E-state index is -0.167. The summed E-state index contributed by atoms with van der Waals surface area (Å²) in [5.41, 5.74) is 0.457. The van der Waals surface area contributed by atoms with Gasteiger partial charge in [0.1, 0.15) is 16.5 Å². The number of aromatic nitrogens is 4. The van der Waals surface area contributed by atoms with Crippen LogP contribution in [0.5, 0.6) is 0 Å². The van der Waals surface area contributed by atoms with Crippen LogP contribution in [0.15, 0.2) is 22.9 Å². The minimum absolute atomic E-state index is 0.167. The first-order chi connectivity index (χ1) is 11.8. The molecule has 4 rings (SSSR count). The van der Waals surface area contributed by atoms with Gasteiger partial charge in [0.25, 0.3) is 5.91 Å². The van der Waals surface area contributed by atoms with Gasteiger partial charge in [0.2, 0.25) is 0 Å². The highest BCUT2D eigenvalue weighted by Gasteiger charge is 2.17. The molecular formula is C16H17N5OS2. The number of fused-ring (bicyclic) bond motifs is 1. The highest BCUT2D eigenvalue weighted by Crippen LogP contribution is 2.27. The Hall–Kier alpha value is -2.06. The zero-order chi connectivity index (χ0) is 16.4. The van der Waals surface area contributed by atoms with Crippen molar-refractivity contribution >= 4 is 28.6 Å². The van der Waals surface area contributed by atoms with Gasteiger partial charge in [0.15, 0.2) is 5.82 Å². The summed E-state index contributed by atoms with van der Waals surface area (Å²) >= 11 is 3.11. The molecule has 0 bridgehead atoms. The lowest BCUT2D eigenvalue weighted by Gasteiger charge is -2.07. The smallest absolute Gasteiger partial charge is 0.271 e. The van der Waals surface area contributed by atoms with Gasteiger partial charge in [-0.1, -0.05) is 12.5 Å². The summed E-state index contributed by atoms with van der Waals surface area (Å²) < 4.78 is 2.14. The number of nitrogens with zero attached hydrogens (tertiary/aromatic N) is 4. The van der Waals surface area contributed by atoms with E-state index in [0.717, 1.165) is 47.3 Å². The molecule has 0 aromatic carbocycles. The van der Waals surface area contributed by atoms with Crippen molar-refractivity contribution in [3.8, 4) is 9.88 Å². The molecule has 1 aliphatic heterocycles. The van der Waals surface area contributed by atoms with Crippen LogP contribution in [0.25, 0.3) is 9.88 Å². The third-order valence-electron chi connectivity index (χ3n) is 4.06. The van der Waals surface area contributed by atoms with Crippen molar-refractivity contribution in [1.29, 1.82) is 0 Å². The molecule has 3 aromatic heterocycles. The topological polar surface area (TPSA) is 72.7 Å². The Balaban J connectivity index is 1.43. The summed E-state index contributed by atoms with van der Waals surface area (Å²) in [4.78, 5) is 17.9. The first kappa shape index (κ1) is 15.5. The Morgan fingerprint density at radius 2 is 2.21 bits per heavy atom. The van der Waals surface area contributed by atoms with Gasteiger partial charge in [-0.25, -0.2) is 4.98 Å². The van der Waals surface area contributed by atoms with Crippen LogP contribution in [-0.2, 0) is 19.5 Å². The van der Waals surface area contributed by atoms with Gasteiger partial charge >= 0.3 is 0 Å². The van der Waals surface area contributed by atoms with Gasteiger partial charge in [-0.3, -0.25) is 4.79 Å². The summed E-state index contributed by atoms with van der Waals surface area (Å²) in [7, 11) is 0. The van der Waals surface area contributed by atoms with Crippen LogP contribution in [0.4, 0.5) is 0 Å².